The first-order chi connectivity index (χ1) is 13.7. The maximum Gasteiger partial charge on any atom is 0.318 e. The lowest BCUT2D eigenvalue weighted by atomic mass is 9.99. The first-order valence-corrected chi connectivity index (χ1v) is 10.3. The topological polar surface area (TPSA) is 38.8 Å². The molecule has 2 amide bonds. The molecule has 0 saturated carbocycles. The third kappa shape index (κ3) is 5.33. The number of amides is 2. The number of benzene rings is 2. The molecule has 0 atom stereocenters. The zero-order chi connectivity index (χ0) is 19.8. The van der Waals surface area contributed by atoms with Gasteiger partial charge < -0.3 is 10.2 Å². The van der Waals surface area contributed by atoms with E-state index >= 15 is 0 Å². The van der Waals surface area contributed by atoms with Crippen molar-refractivity contribution in [2.45, 2.75) is 25.8 Å². The Morgan fingerprint density at radius 3 is 2.00 bits per heavy atom. The van der Waals surface area contributed by atoms with Crippen molar-refractivity contribution in [2.75, 3.05) is 39.8 Å². The fourth-order valence-electron chi connectivity index (χ4n) is 3.72. The maximum absolute atomic E-state index is 13.0. The molecule has 0 spiro atoms. The molecule has 0 aromatic heterocycles. The van der Waals surface area contributed by atoms with Gasteiger partial charge in [0.05, 0.1) is 6.04 Å². The smallest absolute Gasteiger partial charge is 0.318 e. The first-order valence-electron chi connectivity index (χ1n) is 10.3. The van der Waals surface area contributed by atoms with Crippen LogP contribution in [-0.4, -0.2) is 60.7 Å². The summed E-state index contributed by atoms with van der Waals surface area (Å²) in [5.74, 6) is 0. The van der Waals surface area contributed by atoms with Crippen LogP contribution in [-0.2, 0) is 0 Å². The minimum atomic E-state index is -0.153. The van der Waals surface area contributed by atoms with Crippen molar-refractivity contribution in [3.05, 3.63) is 71.8 Å². The van der Waals surface area contributed by atoms with Crippen LogP contribution in [0.1, 0.15) is 36.9 Å². The van der Waals surface area contributed by atoms with E-state index in [1.54, 1.807) is 0 Å². The Labute approximate surface area is 168 Å². The summed E-state index contributed by atoms with van der Waals surface area (Å²) in [5.41, 5.74) is 2.18. The Kier molecular flexibility index (Phi) is 7.46. The monoisotopic (exact) mass is 380 g/mol. The molecular formula is C23H32N4O. The van der Waals surface area contributed by atoms with Gasteiger partial charge in [0.1, 0.15) is 0 Å². The highest BCUT2D eigenvalue weighted by Crippen LogP contribution is 2.22. The maximum atomic E-state index is 13.0. The van der Waals surface area contributed by atoms with Crippen molar-refractivity contribution in [1.29, 1.82) is 0 Å². The number of nitrogens with zero attached hydrogens (tertiary/aromatic N) is 3. The summed E-state index contributed by atoms with van der Waals surface area (Å²) in [4.78, 5) is 14.9. The molecule has 1 heterocycles. The van der Waals surface area contributed by atoms with Crippen molar-refractivity contribution in [1.82, 2.24) is 20.2 Å². The van der Waals surface area contributed by atoms with Crippen LogP contribution in [0.25, 0.3) is 0 Å². The summed E-state index contributed by atoms with van der Waals surface area (Å²) in [5, 5.41) is 7.88. The SMILES string of the molecule is CCN(CCN(C)N1CCCC1)C(=O)NC(c1ccccc1)c1ccccc1. The average molecular weight is 381 g/mol. The van der Waals surface area contributed by atoms with Crippen LogP contribution in [0.2, 0.25) is 0 Å². The number of likely N-dealkylation sites (N-methyl/N-ethyl adjacent to an activating group) is 2. The van der Waals surface area contributed by atoms with Gasteiger partial charge in [-0.05, 0) is 30.9 Å². The van der Waals surface area contributed by atoms with E-state index in [1.165, 1.54) is 12.8 Å². The standard InChI is InChI=1S/C23H32N4O/c1-3-26(19-18-25(2)27-16-10-11-17-27)23(28)24-22(20-12-6-4-7-13-20)21-14-8-5-9-15-21/h4-9,12-15,22H,3,10-11,16-19H2,1-2H3,(H,24,28). The molecule has 0 aliphatic carbocycles. The molecule has 2 aromatic rings. The summed E-state index contributed by atoms with van der Waals surface area (Å²) in [6, 6.07) is 20.1. The van der Waals surface area contributed by atoms with Gasteiger partial charge in [0.15, 0.2) is 0 Å². The summed E-state index contributed by atoms with van der Waals surface area (Å²) < 4.78 is 0. The molecule has 0 radical (unpaired) electrons. The second-order valence-electron chi connectivity index (χ2n) is 7.33. The Morgan fingerprint density at radius 1 is 0.964 bits per heavy atom. The Hall–Kier alpha value is -2.37. The van der Waals surface area contributed by atoms with Gasteiger partial charge in [0.25, 0.3) is 0 Å². The average Bonchev–Trinajstić information content (AvgIpc) is 3.28. The zero-order valence-electron chi connectivity index (χ0n) is 17.1. The molecule has 0 bridgehead atoms. The minimum Gasteiger partial charge on any atom is -0.327 e. The van der Waals surface area contributed by atoms with Gasteiger partial charge in [-0.15, -0.1) is 0 Å². The molecular weight excluding hydrogens is 348 g/mol. The number of rotatable bonds is 8. The molecule has 1 aliphatic heterocycles. The molecule has 5 nitrogen and oxygen atoms in total. The van der Waals surface area contributed by atoms with Crippen molar-refractivity contribution < 1.29 is 4.79 Å². The molecule has 150 valence electrons. The molecule has 1 saturated heterocycles. The van der Waals surface area contributed by atoms with Crippen LogP contribution in [0.4, 0.5) is 4.79 Å². The molecule has 1 N–H and O–H groups in total. The lowest BCUT2D eigenvalue weighted by molar-refractivity contribution is 0.0191. The molecule has 1 fully saturated rings. The lowest BCUT2D eigenvalue weighted by Crippen LogP contribution is -2.47. The number of nitrogens with one attached hydrogen (secondary N) is 1. The number of carbonyl (C=O) groups is 1. The normalized spacial score (nSPS) is 14.6. The quantitative estimate of drug-likeness (QED) is 0.758. The predicted octanol–water partition coefficient (Wildman–Crippen LogP) is 3.75. The van der Waals surface area contributed by atoms with Crippen LogP contribution in [0.15, 0.2) is 60.7 Å². The largest absolute Gasteiger partial charge is 0.327 e. The van der Waals surface area contributed by atoms with Crippen molar-refractivity contribution in [3.63, 3.8) is 0 Å². The first kappa shape index (κ1) is 20.4. The van der Waals surface area contributed by atoms with Gasteiger partial charge in [0, 0.05) is 39.8 Å². The van der Waals surface area contributed by atoms with Crippen LogP contribution < -0.4 is 5.32 Å². The fraction of sp³-hybridized carbons (Fsp3) is 0.435. The van der Waals surface area contributed by atoms with Gasteiger partial charge in [-0.3, -0.25) is 0 Å². The van der Waals surface area contributed by atoms with E-state index in [4.69, 9.17) is 0 Å². The second kappa shape index (κ2) is 10.2. The van der Waals surface area contributed by atoms with Crippen molar-refractivity contribution >= 4 is 6.03 Å². The molecule has 2 aromatic carbocycles. The van der Waals surface area contributed by atoms with E-state index in [2.05, 4.69) is 46.6 Å². The molecule has 28 heavy (non-hydrogen) atoms. The zero-order valence-corrected chi connectivity index (χ0v) is 17.1. The van der Waals surface area contributed by atoms with Gasteiger partial charge >= 0.3 is 6.03 Å². The van der Waals surface area contributed by atoms with Gasteiger partial charge in [-0.1, -0.05) is 60.7 Å². The van der Waals surface area contributed by atoms with Crippen LogP contribution >= 0.6 is 0 Å². The third-order valence-electron chi connectivity index (χ3n) is 5.46. The summed E-state index contributed by atoms with van der Waals surface area (Å²) in [7, 11) is 2.12. The number of hydrazine groups is 1. The van der Waals surface area contributed by atoms with Crippen LogP contribution in [0.3, 0.4) is 0 Å². The second-order valence-corrected chi connectivity index (χ2v) is 7.33. The number of carbonyl (C=O) groups excluding carboxylic acids is 1. The number of urea groups is 1. The van der Waals surface area contributed by atoms with Gasteiger partial charge in [-0.2, -0.15) is 0 Å². The van der Waals surface area contributed by atoms with Crippen molar-refractivity contribution in [3.8, 4) is 0 Å². The van der Waals surface area contributed by atoms with Crippen LogP contribution in [0, 0.1) is 0 Å². The summed E-state index contributed by atoms with van der Waals surface area (Å²) in [6.07, 6.45) is 2.52. The summed E-state index contributed by atoms with van der Waals surface area (Å²) >= 11 is 0. The van der Waals surface area contributed by atoms with E-state index in [9.17, 15) is 4.79 Å². The van der Waals surface area contributed by atoms with E-state index in [0.717, 1.165) is 30.8 Å². The Bertz CT molecular complexity index is 676. The highest BCUT2D eigenvalue weighted by molar-refractivity contribution is 5.75. The van der Waals surface area contributed by atoms with E-state index in [-0.39, 0.29) is 12.1 Å². The van der Waals surface area contributed by atoms with E-state index in [1.807, 2.05) is 48.2 Å². The van der Waals surface area contributed by atoms with Gasteiger partial charge in [-0.25, -0.2) is 14.8 Å². The molecule has 3 rings (SSSR count). The Balaban J connectivity index is 1.66. The van der Waals surface area contributed by atoms with E-state index in [0.29, 0.717) is 13.1 Å². The van der Waals surface area contributed by atoms with E-state index < -0.39 is 0 Å². The van der Waals surface area contributed by atoms with Gasteiger partial charge in [0.2, 0.25) is 0 Å². The Morgan fingerprint density at radius 2 is 1.50 bits per heavy atom. The lowest BCUT2D eigenvalue weighted by Gasteiger charge is -2.31. The predicted molar refractivity (Wildman–Crippen MR) is 114 cm³/mol. The highest BCUT2D eigenvalue weighted by Gasteiger charge is 2.21. The fourth-order valence-corrected chi connectivity index (χ4v) is 3.72. The molecule has 0 unspecified atom stereocenters. The van der Waals surface area contributed by atoms with Crippen molar-refractivity contribution in [2.24, 2.45) is 0 Å². The highest BCUT2D eigenvalue weighted by atomic mass is 16.2. The third-order valence-corrected chi connectivity index (χ3v) is 5.46. The van der Waals surface area contributed by atoms with Crippen LogP contribution in [0.5, 0.6) is 0 Å². The minimum absolute atomic E-state index is 0.0185. The molecule has 5 heteroatoms. The summed E-state index contributed by atoms with van der Waals surface area (Å²) in [6.45, 7) is 6.54. The number of hydrogen-bond acceptors (Lipinski definition) is 3. The number of hydrogen-bond donors (Lipinski definition) is 1. The molecule has 1 aliphatic rings.